The molecule has 76 valence electrons. The van der Waals surface area contributed by atoms with E-state index < -0.39 is 0 Å². The van der Waals surface area contributed by atoms with Crippen molar-refractivity contribution in [1.82, 2.24) is 5.32 Å². The summed E-state index contributed by atoms with van der Waals surface area (Å²) >= 11 is 0. The smallest absolute Gasteiger partial charge is 0.220 e. The molecule has 0 atom stereocenters. The molecular formula is C10H19NO2. The fraction of sp³-hybridized carbons (Fsp3) is 0.900. The third kappa shape index (κ3) is 4.27. The predicted molar refractivity (Wildman–Crippen MR) is 51.3 cm³/mol. The summed E-state index contributed by atoms with van der Waals surface area (Å²) in [6.45, 7) is 1.05. The van der Waals surface area contributed by atoms with E-state index in [0.29, 0.717) is 6.42 Å². The highest BCUT2D eigenvalue weighted by Crippen LogP contribution is 2.25. The van der Waals surface area contributed by atoms with Crippen LogP contribution >= 0.6 is 0 Å². The lowest BCUT2D eigenvalue weighted by Gasteiger charge is -2.25. The lowest BCUT2D eigenvalue weighted by Crippen LogP contribution is -2.31. The molecule has 0 aliphatic heterocycles. The maximum atomic E-state index is 11.2. The van der Waals surface area contributed by atoms with Gasteiger partial charge in [0.05, 0.1) is 0 Å². The van der Waals surface area contributed by atoms with Crippen molar-refractivity contribution in [2.45, 2.75) is 38.5 Å². The summed E-state index contributed by atoms with van der Waals surface area (Å²) in [6.07, 6.45) is 5.97. The van der Waals surface area contributed by atoms with Crippen LogP contribution in [0.4, 0.5) is 0 Å². The van der Waals surface area contributed by atoms with Crippen LogP contribution in [0.5, 0.6) is 0 Å². The molecule has 0 saturated heterocycles. The van der Waals surface area contributed by atoms with E-state index in [2.05, 4.69) is 5.32 Å². The molecule has 3 nitrogen and oxygen atoms in total. The van der Waals surface area contributed by atoms with E-state index in [0.717, 1.165) is 25.3 Å². The third-order valence-corrected chi connectivity index (χ3v) is 2.62. The highest BCUT2D eigenvalue weighted by Gasteiger charge is 2.17. The molecule has 0 unspecified atom stereocenters. The van der Waals surface area contributed by atoms with E-state index >= 15 is 0 Å². The number of amides is 1. The van der Waals surface area contributed by atoms with Crippen LogP contribution in [-0.4, -0.2) is 24.2 Å². The Morgan fingerprint density at radius 2 is 2.15 bits per heavy atom. The fourth-order valence-corrected chi connectivity index (χ4v) is 1.44. The Balaban J connectivity index is 1.90. The van der Waals surface area contributed by atoms with E-state index in [1.165, 1.54) is 19.3 Å². The maximum absolute atomic E-state index is 11.2. The number of rotatable bonds is 6. The topological polar surface area (TPSA) is 49.3 Å². The number of unbranched alkanes of at least 4 members (excludes halogenated alkanes) is 1. The first kappa shape index (κ1) is 10.5. The zero-order valence-corrected chi connectivity index (χ0v) is 8.09. The lowest BCUT2D eigenvalue weighted by molar-refractivity contribution is -0.121. The summed E-state index contributed by atoms with van der Waals surface area (Å²) in [5.41, 5.74) is 0. The molecule has 0 bridgehead atoms. The highest BCUT2D eigenvalue weighted by atomic mass is 16.2. The number of nitrogens with one attached hydrogen (secondary N) is 1. The minimum Gasteiger partial charge on any atom is -0.396 e. The largest absolute Gasteiger partial charge is 0.396 e. The van der Waals surface area contributed by atoms with Gasteiger partial charge < -0.3 is 10.4 Å². The SMILES string of the molecule is O=C(CCCCO)NCC1CCC1. The normalized spacial score (nSPS) is 16.7. The van der Waals surface area contributed by atoms with Gasteiger partial charge >= 0.3 is 0 Å². The molecule has 1 saturated carbocycles. The number of hydrogen-bond donors (Lipinski definition) is 2. The van der Waals surface area contributed by atoms with Gasteiger partial charge in [0.2, 0.25) is 5.91 Å². The number of hydrogen-bond acceptors (Lipinski definition) is 2. The first-order valence-electron chi connectivity index (χ1n) is 5.20. The van der Waals surface area contributed by atoms with Crippen LogP contribution in [-0.2, 0) is 4.79 Å². The van der Waals surface area contributed by atoms with Crippen molar-refractivity contribution in [3.63, 3.8) is 0 Å². The highest BCUT2D eigenvalue weighted by molar-refractivity contribution is 5.75. The van der Waals surface area contributed by atoms with Gasteiger partial charge in [0.25, 0.3) is 0 Å². The summed E-state index contributed by atoms with van der Waals surface area (Å²) in [5, 5.41) is 11.4. The van der Waals surface area contributed by atoms with Crippen molar-refractivity contribution in [3.05, 3.63) is 0 Å². The lowest BCUT2D eigenvalue weighted by atomic mass is 9.85. The zero-order chi connectivity index (χ0) is 9.52. The van der Waals surface area contributed by atoms with Crippen LogP contribution in [0.25, 0.3) is 0 Å². The Kier molecular flexibility index (Phi) is 4.83. The first-order valence-corrected chi connectivity index (χ1v) is 5.20. The van der Waals surface area contributed by atoms with Crippen LogP contribution < -0.4 is 5.32 Å². The monoisotopic (exact) mass is 185 g/mol. The van der Waals surface area contributed by atoms with Gasteiger partial charge in [-0.3, -0.25) is 4.79 Å². The van der Waals surface area contributed by atoms with Crippen molar-refractivity contribution in [1.29, 1.82) is 0 Å². The average Bonchev–Trinajstić information content (AvgIpc) is 2.02. The van der Waals surface area contributed by atoms with Crippen LogP contribution in [0.2, 0.25) is 0 Å². The van der Waals surface area contributed by atoms with Gasteiger partial charge in [-0.2, -0.15) is 0 Å². The molecule has 0 aromatic carbocycles. The second-order valence-electron chi connectivity index (χ2n) is 3.78. The minimum atomic E-state index is 0.139. The summed E-state index contributed by atoms with van der Waals surface area (Å²) in [5.74, 6) is 0.877. The average molecular weight is 185 g/mol. The second kappa shape index (κ2) is 5.97. The first-order chi connectivity index (χ1) is 6.33. The van der Waals surface area contributed by atoms with E-state index in [1.54, 1.807) is 0 Å². The molecule has 0 spiro atoms. The Morgan fingerprint density at radius 3 is 2.69 bits per heavy atom. The molecular weight excluding hydrogens is 166 g/mol. The second-order valence-corrected chi connectivity index (χ2v) is 3.78. The fourth-order valence-electron chi connectivity index (χ4n) is 1.44. The molecule has 3 heteroatoms. The number of carbonyl (C=O) groups is 1. The Labute approximate surface area is 79.5 Å². The zero-order valence-electron chi connectivity index (χ0n) is 8.09. The summed E-state index contributed by atoms with van der Waals surface area (Å²) in [4.78, 5) is 11.2. The number of aliphatic hydroxyl groups excluding tert-OH is 1. The molecule has 0 aromatic heterocycles. The van der Waals surface area contributed by atoms with Crippen LogP contribution in [0.1, 0.15) is 38.5 Å². The molecule has 1 rings (SSSR count). The van der Waals surface area contributed by atoms with Crippen molar-refractivity contribution >= 4 is 5.91 Å². The maximum Gasteiger partial charge on any atom is 0.220 e. The Bertz CT molecular complexity index is 155. The molecule has 0 heterocycles. The molecule has 1 amide bonds. The van der Waals surface area contributed by atoms with Crippen LogP contribution in [0.15, 0.2) is 0 Å². The van der Waals surface area contributed by atoms with Gasteiger partial charge in [-0.1, -0.05) is 6.42 Å². The molecule has 13 heavy (non-hydrogen) atoms. The Morgan fingerprint density at radius 1 is 1.38 bits per heavy atom. The van der Waals surface area contributed by atoms with Gasteiger partial charge in [-0.05, 0) is 31.6 Å². The van der Waals surface area contributed by atoms with Crippen molar-refractivity contribution < 1.29 is 9.90 Å². The van der Waals surface area contributed by atoms with Gasteiger partial charge in [0, 0.05) is 19.6 Å². The summed E-state index contributed by atoms with van der Waals surface area (Å²) in [6, 6.07) is 0. The Hall–Kier alpha value is -0.570. The van der Waals surface area contributed by atoms with E-state index in [1.807, 2.05) is 0 Å². The predicted octanol–water partition coefficient (Wildman–Crippen LogP) is 1.07. The summed E-state index contributed by atoms with van der Waals surface area (Å²) in [7, 11) is 0. The van der Waals surface area contributed by atoms with Gasteiger partial charge in [-0.25, -0.2) is 0 Å². The van der Waals surface area contributed by atoms with E-state index in [-0.39, 0.29) is 12.5 Å². The summed E-state index contributed by atoms with van der Waals surface area (Å²) < 4.78 is 0. The van der Waals surface area contributed by atoms with Crippen molar-refractivity contribution in [2.75, 3.05) is 13.2 Å². The molecule has 1 aliphatic carbocycles. The van der Waals surface area contributed by atoms with Crippen LogP contribution in [0.3, 0.4) is 0 Å². The van der Waals surface area contributed by atoms with Crippen molar-refractivity contribution in [2.24, 2.45) is 5.92 Å². The van der Waals surface area contributed by atoms with Gasteiger partial charge in [0.1, 0.15) is 0 Å². The molecule has 1 aliphatic rings. The van der Waals surface area contributed by atoms with E-state index in [9.17, 15) is 4.79 Å². The number of aliphatic hydroxyl groups is 1. The van der Waals surface area contributed by atoms with Gasteiger partial charge in [-0.15, -0.1) is 0 Å². The molecule has 2 N–H and O–H groups in total. The molecule has 0 aromatic rings. The van der Waals surface area contributed by atoms with Crippen molar-refractivity contribution in [3.8, 4) is 0 Å². The van der Waals surface area contributed by atoms with E-state index in [4.69, 9.17) is 5.11 Å². The number of carbonyl (C=O) groups excluding carboxylic acids is 1. The minimum absolute atomic E-state index is 0.139. The standard InChI is InChI=1S/C10H19NO2/c12-7-2-1-6-10(13)11-8-9-4-3-5-9/h9,12H,1-8H2,(H,11,13). The third-order valence-electron chi connectivity index (χ3n) is 2.62. The van der Waals surface area contributed by atoms with Gasteiger partial charge in [0.15, 0.2) is 0 Å². The molecule has 1 fully saturated rings. The molecule has 0 radical (unpaired) electrons. The quantitative estimate of drug-likeness (QED) is 0.608. The van der Waals surface area contributed by atoms with Crippen LogP contribution in [0, 0.1) is 5.92 Å².